The van der Waals surface area contributed by atoms with E-state index >= 15 is 0 Å². The summed E-state index contributed by atoms with van der Waals surface area (Å²) >= 11 is 0. The van der Waals surface area contributed by atoms with Crippen molar-refractivity contribution in [2.24, 2.45) is 0 Å². The molecule has 0 atom stereocenters. The van der Waals surface area contributed by atoms with Crippen LogP contribution in [-0.4, -0.2) is 46.4 Å². The lowest BCUT2D eigenvalue weighted by molar-refractivity contribution is 0.0984. The molecule has 3 aromatic carbocycles. The van der Waals surface area contributed by atoms with Gasteiger partial charge in [-0.15, -0.1) is 0 Å². The van der Waals surface area contributed by atoms with Crippen molar-refractivity contribution in [2.75, 3.05) is 32.7 Å². The lowest BCUT2D eigenvalue weighted by Gasteiger charge is -2.31. The Bertz CT molecular complexity index is 1280. The van der Waals surface area contributed by atoms with Crippen molar-refractivity contribution in [2.45, 2.75) is 24.3 Å². The molecule has 178 valence electrons. The van der Waals surface area contributed by atoms with E-state index in [1.807, 2.05) is 48.5 Å². The molecule has 0 saturated carbocycles. The maximum Gasteiger partial charge on any atom is 0.258 e. The monoisotopic (exact) mass is 480 g/mol. The minimum Gasteiger partial charge on any atom is -0.495 e. The first kappa shape index (κ1) is 23.8. The van der Waals surface area contributed by atoms with E-state index in [2.05, 4.69) is 0 Å². The molecule has 0 saturated heterocycles. The van der Waals surface area contributed by atoms with Crippen molar-refractivity contribution in [1.29, 1.82) is 0 Å². The highest BCUT2D eigenvalue weighted by molar-refractivity contribution is 7.89. The zero-order chi connectivity index (χ0) is 24.3. The zero-order valence-corrected chi connectivity index (χ0v) is 20.3. The van der Waals surface area contributed by atoms with Crippen LogP contribution in [0.4, 0.5) is 5.69 Å². The van der Waals surface area contributed by atoms with E-state index in [0.29, 0.717) is 12.3 Å². The second-order valence-electron chi connectivity index (χ2n) is 8.14. The van der Waals surface area contributed by atoms with E-state index < -0.39 is 10.0 Å². The third-order valence-electron chi connectivity index (χ3n) is 5.99. The molecule has 0 bridgehead atoms. The minimum atomic E-state index is -3.93. The Labute approximate surface area is 200 Å². The first-order valence-electron chi connectivity index (χ1n) is 11.0. The average molecular weight is 481 g/mol. The molecule has 0 aliphatic carbocycles. The Morgan fingerprint density at radius 3 is 2.41 bits per heavy atom. The number of anilines is 1. The Balaban J connectivity index is 1.71. The second-order valence-corrected chi connectivity index (χ2v) is 10.2. The highest BCUT2D eigenvalue weighted by Gasteiger charge is 2.30. The molecular formula is C26H28N2O5S. The van der Waals surface area contributed by atoms with Crippen LogP contribution in [0.3, 0.4) is 0 Å². The van der Waals surface area contributed by atoms with E-state index in [0.717, 1.165) is 29.7 Å². The minimum absolute atomic E-state index is 0.0449. The molecule has 0 unspecified atom stereocenters. The van der Waals surface area contributed by atoms with Crippen LogP contribution in [0.5, 0.6) is 11.5 Å². The molecule has 0 N–H and O–H groups in total. The van der Waals surface area contributed by atoms with E-state index in [-0.39, 0.29) is 28.7 Å². The second kappa shape index (κ2) is 9.87. The van der Waals surface area contributed by atoms with Crippen molar-refractivity contribution in [1.82, 2.24) is 4.31 Å². The maximum atomic E-state index is 13.6. The summed E-state index contributed by atoms with van der Waals surface area (Å²) in [5.74, 6) is 0.526. The van der Waals surface area contributed by atoms with Gasteiger partial charge < -0.3 is 14.4 Å². The Kier molecular flexibility index (Phi) is 6.90. The fourth-order valence-corrected chi connectivity index (χ4v) is 5.58. The van der Waals surface area contributed by atoms with E-state index in [4.69, 9.17) is 9.47 Å². The Hall–Kier alpha value is -3.36. The summed E-state index contributed by atoms with van der Waals surface area (Å²) in [5.41, 5.74) is 2.90. The molecule has 1 amide bonds. The number of rotatable bonds is 7. The van der Waals surface area contributed by atoms with Crippen molar-refractivity contribution in [3.05, 3.63) is 83.4 Å². The molecule has 8 heteroatoms. The first-order valence-corrected chi connectivity index (χ1v) is 12.5. The average Bonchev–Trinajstić information content (AvgIpc) is 2.87. The fraction of sp³-hybridized carbons (Fsp3) is 0.269. The SMILES string of the molecule is COc1ccc(C(=O)N2CCCc3cccc(OC)c32)cc1S(=O)(=O)N(C)Cc1ccccc1. The molecule has 0 fully saturated rings. The summed E-state index contributed by atoms with van der Waals surface area (Å²) in [4.78, 5) is 15.2. The predicted octanol–water partition coefficient (Wildman–Crippen LogP) is 4.12. The maximum absolute atomic E-state index is 13.6. The number of sulfonamides is 1. The summed E-state index contributed by atoms with van der Waals surface area (Å²) in [5, 5.41) is 0. The van der Waals surface area contributed by atoms with Gasteiger partial charge in [-0.05, 0) is 48.2 Å². The normalized spacial score (nSPS) is 13.5. The van der Waals surface area contributed by atoms with E-state index in [9.17, 15) is 13.2 Å². The zero-order valence-electron chi connectivity index (χ0n) is 19.5. The molecule has 1 aliphatic heterocycles. The third kappa shape index (κ3) is 4.51. The van der Waals surface area contributed by atoms with Crippen LogP contribution in [-0.2, 0) is 23.0 Å². The van der Waals surface area contributed by atoms with Gasteiger partial charge in [0.25, 0.3) is 5.91 Å². The lowest BCUT2D eigenvalue weighted by atomic mass is 10.00. The third-order valence-corrected chi connectivity index (χ3v) is 7.82. The first-order chi connectivity index (χ1) is 16.4. The quantitative estimate of drug-likeness (QED) is 0.509. The molecule has 34 heavy (non-hydrogen) atoms. The van der Waals surface area contributed by atoms with Crippen LogP contribution in [0.25, 0.3) is 0 Å². The number of fused-ring (bicyclic) bond motifs is 1. The molecule has 4 rings (SSSR count). The summed E-state index contributed by atoms with van der Waals surface area (Å²) in [7, 11) is 0.581. The smallest absolute Gasteiger partial charge is 0.258 e. The number of nitrogens with zero attached hydrogens (tertiary/aromatic N) is 2. The molecule has 0 aromatic heterocycles. The number of hydrogen-bond donors (Lipinski definition) is 0. The van der Waals surface area contributed by atoms with Gasteiger partial charge in [0.05, 0.1) is 19.9 Å². The molecule has 0 radical (unpaired) electrons. The van der Waals surface area contributed by atoms with Crippen LogP contribution in [0.1, 0.15) is 27.9 Å². The predicted molar refractivity (Wildman–Crippen MR) is 131 cm³/mol. The van der Waals surface area contributed by atoms with Gasteiger partial charge in [-0.3, -0.25) is 4.79 Å². The van der Waals surface area contributed by atoms with Crippen molar-refractivity contribution in [3.8, 4) is 11.5 Å². The standard InChI is InChI=1S/C26H28N2O5S/c1-27(18-19-9-5-4-6-10-19)34(30,31)24-17-21(14-15-22(24)32-2)26(29)28-16-8-12-20-11-7-13-23(33-3)25(20)28/h4-7,9-11,13-15,17H,8,12,16,18H2,1-3H3. The van der Waals surface area contributed by atoms with Gasteiger partial charge in [0.15, 0.2) is 0 Å². The highest BCUT2D eigenvalue weighted by Crippen LogP contribution is 2.37. The molecule has 1 heterocycles. The van der Waals surface area contributed by atoms with Gasteiger partial charge in [0.2, 0.25) is 10.0 Å². The number of methoxy groups -OCH3 is 2. The van der Waals surface area contributed by atoms with Gasteiger partial charge in [-0.1, -0.05) is 42.5 Å². The van der Waals surface area contributed by atoms with Crippen molar-refractivity contribution >= 4 is 21.6 Å². The van der Waals surface area contributed by atoms with Gasteiger partial charge >= 0.3 is 0 Å². The van der Waals surface area contributed by atoms with Crippen LogP contribution >= 0.6 is 0 Å². The van der Waals surface area contributed by atoms with Crippen molar-refractivity contribution < 1.29 is 22.7 Å². The molecular weight excluding hydrogens is 452 g/mol. The number of benzene rings is 3. The van der Waals surface area contributed by atoms with Gasteiger partial charge in [-0.25, -0.2) is 8.42 Å². The number of carbonyl (C=O) groups excluding carboxylic acids is 1. The molecule has 0 spiro atoms. The summed E-state index contributed by atoms with van der Waals surface area (Å²) in [6.07, 6.45) is 1.66. The summed E-state index contributed by atoms with van der Waals surface area (Å²) in [6.45, 7) is 0.718. The van der Waals surface area contributed by atoms with Crippen LogP contribution < -0.4 is 14.4 Å². The van der Waals surface area contributed by atoms with E-state index in [1.54, 1.807) is 18.1 Å². The molecule has 7 nitrogen and oxygen atoms in total. The molecule has 1 aliphatic rings. The number of carbonyl (C=O) groups is 1. The topological polar surface area (TPSA) is 76.1 Å². The van der Waals surface area contributed by atoms with Crippen LogP contribution in [0.15, 0.2) is 71.6 Å². The number of amides is 1. The van der Waals surface area contributed by atoms with Crippen LogP contribution in [0, 0.1) is 0 Å². The highest BCUT2D eigenvalue weighted by atomic mass is 32.2. The number of hydrogen-bond acceptors (Lipinski definition) is 5. The number of ether oxygens (including phenoxy) is 2. The van der Waals surface area contributed by atoms with Crippen molar-refractivity contribution in [3.63, 3.8) is 0 Å². The molecule has 3 aromatic rings. The fourth-order valence-electron chi connectivity index (χ4n) is 4.24. The Morgan fingerprint density at radius 1 is 0.971 bits per heavy atom. The van der Waals surface area contributed by atoms with Crippen LogP contribution in [0.2, 0.25) is 0 Å². The largest absolute Gasteiger partial charge is 0.495 e. The lowest BCUT2D eigenvalue weighted by Crippen LogP contribution is -2.36. The van der Waals surface area contributed by atoms with Gasteiger partial charge in [0, 0.05) is 25.7 Å². The number of para-hydroxylation sites is 1. The summed E-state index contributed by atoms with van der Waals surface area (Å²) < 4.78 is 39.1. The number of aryl methyl sites for hydroxylation is 1. The summed E-state index contributed by atoms with van der Waals surface area (Å²) in [6, 6.07) is 19.6. The van der Waals surface area contributed by atoms with E-state index in [1.165, 1.54) is 30.6 Å². The van der Waals surface area contributed by atoms with Gasteiger partial charge in [-0.2, -0.15) is 4.31 Å². The Morgan fingerprint density at radius 2 is 1.71 bits per heavy atom. The van der Waals surface area contributed by atoms with Gasteiger partial charge in [0.1, 0.15) is 16.4 Å².